The fraction of sp³-hybridized carbons (Fsp3) is 0.545. The van der Waals surface area contributed by atoms with Crippen LogP contribution in [0.1, 0.15) is 74.8 Å². The number of hydrogen-bond acceptors (Lipinski definition) is 11. The molecule has 4 atom stereocenters. The third-order valence-electron chi connectivity index (χ3n) is 7.92. The molecule has 51 heavy (non-hydrogen) atoms. The minimum absolute atomic E-state index is 0.0865. The number of nitrogens with zero attached hydrogens (tertiary/aromatic N) is 3. The Morgan fingerprint density at radius 2 is 1.71 bits per heavy atom. The number of amides is 3. The predicted molar refractivity (Wildman–Crippen MR) is 195 cm³/mol. The molecule has 3 amide bonds. The van der Waals surface area contributed by atoms with Crippen LogP contribution in [0, 0.1) is 5.92 Å². The number of nitrogens with one attached hydrogen (secondary N) is 3. The minimum atomic E-state index is -2.95. The predicted octanol–water partition coefficient (Wildman–Crippen LogP) is 2.97. The van der Waals surface area contributed by atoms with Gasteiger partial charge in [0, 0.05) is 32.0 Å². The normalized spacial score (nSPS) is 17.2. The van der Waals surface area contributed by atoms with Gasteiger partial charge in [-0.15, -0.1) is 0 Å². The van der Waals surface area contributed by atoms with Gasteiger partial charge < -0.3 is 39.9 Å². The lowest BCUT2D eigenvalue weighted by atomic mass is 9.73. The topological polar surface area (TPSA) is 213 Å². The van der Waals surface area contributed by atoms with E-state index in [0.29, 0.717) is 32.6 Å². The van der Waals surface area contributed by atoms with Gasteiger partial charge in [0.2, 0.25) is 20.2 Å². The van der Waals surface area contributed by atoms with E-state index in [1.807, 2.05) is 30.3 Å². The van der Waals surface area contributed by atoms with Crippen molar-refractivity contribution >= 4 is 47.3 Å². The summed E-state index contributed by atoms with van der Waals surface area (Å²) in [5, 5.41) is 8.10. The first-order valence-electron chi connectivity index (χ1n) is 17.2. The van der Waals surface area contributed by atoms with E-state index in [0.717, 1.165) is 44.3 Å². The van der Waals surface area contributed by atoms with E-state index in [2.05, 4.69) is 44.7 Å². The van der Waals surface area contributed by atoms with Gasteiger partial charge in [-0.05, 0) is 74.2 Å². The Balaban J connectivity index is 1.60. The second-order valence-corrected chi connectivity index (χ2v) is 15.3. The highest BCUT2D eigenvalue weighted by atomic mass is 31.2. The van der Waals surface area contributed by atoms with E-state index in [1.54, 1.807) is 12.2 Å². The van der Waals surface area contributed by atoms with Crippen LogP contribution in [0.3, 0.4) is 0 Å². The Kier molecular flexibility index (Phi) is 19.4. The summed E-state index contributed by atoms with van der Waals surface area (Å²) in [4.78, 5) is 77.0. The lowest BCUT2D eigenvalue weighted by Gasteiger charge is -2.28. The molecule has 0 saturated carbocycles. The maximum Gasteiger partial charge on any atom is 0.540 e. The summed E-state index contributed by atoms with van der Waals surface area (Å²) in [5.41, 5.74) is -0.602. The summed E-state index contributed by atoms with van der Waals surface area (Å²) in [6, 6.07) is 8.45. The molecule has 1 saturated heterocycles. The standard InChI is InChI=1S/C33H49BN6O9P2/c1-25(2)23-29(38-31(42)27(15-14-26-11-4-3-5-12-26)37-32(43)28-24-35-16-17-36-28)34-48-21-8-6-18-40(19-7-9-22-49-34)20-10-13-30(41)39-33(50(44)45)51(46)47/h3-5,11-12,14-17,24-25,27,29,33,44-45H,6-10,13,18-23H2,1-2H3,(H3-,37,38,39,41,42,43,46,47)/p+1/b15-14+/t27?,29-,33?/m1/s1. The average molecular weight is 748 g/mol. The molecule has 1 aromatic heterocycles. The fourth-order valence-electron chi connectivity index (χ4n) is 5.39. The van der Waals surface area contributed by atoms with Crippen molar-refractivity contribution < 1.29 is 42.9 Å². The van der Waals surface area contributed by atoms with Crippen LogP contribution < -0.4 is 16.0 Å². The van der Waals surface area contributed by atoms with Crippen molar-refractivity contribution in [3.8, 4) is 0 Å². The third-order valence-corrected chi connectivity index (χ3v) is 10.3. The zero-order valence-corrected chi connectivity index (χ0v) is 31.0. The highest BCUT2D eigenvalue weighted by Crippen LogP contribution is 2.42. The van der Waals surface area contributed by atoms with Crippen molar-refractivity contribution in [1.29, 1.82) is 0 Å². The Morgan fingerprint density at radius 3 is 2.29 bits per heavy atom. The molecule has 0 aliphatic carbocycles. The van der Waals surface area contributed by atoms with Crippen LogP contribution in [0.5, 0.6) is 0 Å². The second kappa shape index (κ2) is 23.4. The molecule has 0 spiro atoms. The van der Waals surface area contributed by atoms with Crippen LogP contribution in [0.15, 0.2) is 55.0 Å². The molecule has 15 nitrogen and oxygen atoms in total. The third kappa shape index (κ3) is 16.4. The van der Waals surface area contributed by atoms with Gasteiger partial charge in [-0.3, -0.25) is 19.4 Å². The lowest BCUT2D eigenvalue weighted by molar-refractivity contribution is -0.122. The number of hydrogen-bond donors (Lipinski definition) is 6. The van der Waals surface area contributed by atoms with E-state index in [4.69, 9.17) is 9.31 Å². The van der Waals surface area contributed by atoms with Crippen molar-refractivity contribution in [2.24, 2.45) is 5.92 Å². The first kappa shape index (κ1) is 42.2. The van der Waals surface area contributed by atoms with Gasteiger partial charge in [0.05, 0.1) is 12.1 Å². The number of carbonyl (C=O) groups excluding carboxylic acids is 3. The molecular weight excluding hydrogens is 697 g/mol. The molecule has 0 radical (unpaired) electrons. The second-order valence-electron chi connectivity index (χ2n) is 12.6. The zero-order chi connectivity index (χ0) is 37.0. The number of carbonyl (C=O) groups is 3. The Hall–Kier alpha value is -3.20. The smallest absolute Gasteiger partial charge is 0.410 e. The maximum atomic E-state index is 13.8. The molecule has 0 bridgehead atoms. The van der Waals surface area contributed by atoms with Crippen LogP contribution in [0.2, 0.25) is 0 Å². The van der Waals surface area contributed by atoms with Gasteiger partial charge in [-0.25, -0.2) is 4.98 Å². The first-order chi connectivity index (χ1) is 24.5. The average Bonchev–Trinajstić information content (AvgIpc) is 3.10. The first-order valence-corrected chi connectivity index (χ1v) is 19.8. The van der Waals surface area contributed by atoms with Crippen LogP contribution in [-0.2, 0) is 23.5 Å². The fourth-order valence-corrected chi connectivity index (χ4v) is 6.61. The SMILES string of the molecule is CC(C)C[C@@H](NC(=O)C(/C=C/c1ccccc1)NC(=O)c1cnccn1)B1OCCCCN(CCCC(=O)NC(P(O)O)[P+](=O)O)CCCCO1. The van der Waals surface area contributed by atoms with Gasteiger partial charge in [-0.2, -0.15) is 4.89 Å². The van der Waals surface area contributed by atoms with Gasteiger partial charge in [0.25, 0.3) is 5.91 Å². The molecule has 1 fully saturated rings. The number of aromatic nitrogens is 2. The van der Waals surface area contributed by atoms with E-state index in [-0.39, 0.29) is 18.0 Å². The van der Waals surface area contributed by atoms with Gasteiger partial charge in [0.15, 0.2) is 0 Å². The molecule has 1 aliphatic rings. The van der Waals surface area contributed by atoms with Gasteiger partial charge in [-0.1, -0.05) is 56.3 Å². The molecule has 3 rings (SSSR count). The zero-order valence-electron chi connectivity index (χ0n) is 29.2. The van der Waals surface area contributed by atoms with Crippen molar-refractivity contribution in [2.45, 2.75) is 76.3 Å². The summed E-state index contributed by atoms with van der Waals surface area (Å²) in [7, 11) is -6.41. The monoisotopic (exact) mass is 747 g/mol. The van der Waals surface area contributed by atoms with Gasteiger partial charge >= 0.3 is 20.7 Å². The molecule has 3 unspecified atom stereocenters. The molecule has 2 aromatic rings. The highest BCUT2D eigenvalue weighted by molar-refractivity contribution is 7.61. The van der Waals surface area contributed by atoms with E-state index in [1.165, 1.54) is 18.6 Å². The summed E-state index contributed by atoms with van der Waals surface area (Å²) in [5.74, 6) is -1.74. The van der Waals surface area contributed by atoms with Crippen LogP contribution in [-0.4, -0.2) is 105 Å². The van der Waals surface area contributed by atoms with Crippen molar-refractivity contribution in [3.05, 3.63) is 66.3 Å². The molecule has 6 N–H and O–H groups in total. The Morgan fingerprint density at radius 1 is 1.02 bits per heavy atom. The lowest BCUT2D eigenvalue weighted by Crippen LogP contribution is -2.55. The van der Waals surface area contributed by atoms with Crippen LogP contribution in [0.25, 0.3) is 6.08 Å². The number of benzene rings is 1. The quantitative estimate of drug-likeness (QED) is 0.108. The summed E-state index contributed by atoms with van der Waals surface area (Å²) in [6.45, 7) is 7.12. The number of rotatable bonds is 16. The summed E-state index contributed by atoms with van der Waals surface area (Å²) < 4.78 is 23.8. The molecule has 1 aliphatic heterocycles. The molecule has 278 valence electrons. The van der Waals surface area contributed by atoms with Crippen LogP contribution >= 0.6 is 16.4 Å². The van der Waals surface area contributed by atoms with E-state index < -0.39 is 58.8 Å². The van der Waals surface area contributed by atoms with Crippen molar-refractivity contribution in [2.75, 3.05) is 32.8 Å². The molecule has 1 aromatic carbocycles. The Bertz CT molecular complexity index is 1380. The molecule has 2 heterocycles. The molecular formula is C33H50BN6O9P2+. The van der Waals surface area contributed by atoms with E-state index in [9.17, 15) is 33.6 Å². The summed E-state index contributed by atoms with van der Waals surface area (Å²) >= 11 is 0. The molecule has 18 heteroatoms. The maximum absolute atomic E-state index is 13.8. The van der Waals surface area contributed by atoms with Gasteiger partial charge in [0.1, 0.15) is 11.7 Å². The Labute approximate surface area is 301 Å². The van der Waals surface area contributed by atoms with Crippen LogP contribution in [0.4, 0.5) is 0 Å². The van der Waals surface area contributed by atoms with E-state index >= 15 is 0 Å². The summed E-state index contributed by atoms with van der Waals surface area (Å²) in [6.07, 6.45) is 11.9. The highest BCUT2D eigenvalue weighted by Gasteiger charge is 2.38. The largest absolute Gasteiger partial charge is 0.540 e. The van der Waals surface area contributed by atoms with Crippen molar-refractivity contribution in [3.63, 3.8) is 0 Å². The minimum Gasteiger partial charge on any atom is -0.410 e. The van der Waals surface area contributed by atoms with Crippen molar-refractivity contribution in [1.82, 2.24) is 30.8 Å².